The number of hydrogen-bond acceptors (Lipinski definition) is 6. The second kappa shape index (κ2) is 8.92. The number of fused-ring (bicyclic) bond motifs is 1. The lowest BCUT2D eigenvalue weighted by Gasteiger charge is -2.28. The molecule has 2 unspecified atom stereocenters. The first-order valence-corrected chi connectivity index (χ1v) is 10.4. The van der Waals surface area contributed by atoms with Crippen molar-refractivity contribution in [3.05, 3.63) is 59.7 Å². The first-order chi connectivity index (χ1) is 15.2. The third kappa shape index (κ3) is 3.84. The minimum absolute atomic E-state index is 0.115. The fourth-order valence-electron chi connectivity index (χ4n) is 3.82. The van der Waals surface area contributed by atoms with Crippen LogP contribution in [0, 0.1) is 22.7 Å². The average Bonchev–Trinajstić information content (AvgIpc) is 3.21. The van der Waals surface area contributed by atoms with Crippen LogP contribution in [0.5, 0.6) is 17.4 Å². The molecule has 0 bridgehead atoms. The molecule has 0 fully saturated rings. The molecule has 7 heteroatoms. The molecule has 4 rings (SSSR count). The summed E-state index contributed by atoms with van der Waals surface area (Å²) in [6, 6.07) is 17.7. The lowest BCUT2D eigenvalue weighted by atomic mass is 9.78. The van der Waals surface area contributed by atoms with Crippen molar-refractivity contribution in [2.75, 3.05) is 13.2 Å². The molecule has 1 aliphatic rings. The predicted molar refractivity (Wildman–Crippen MR) is 117 cm³/mol. The molecular formula is C24H24N4O3. The number of benzene rings is 2. The zero-order chi connectivity index (χ0) is 21.8. The van der Waals surface area contributed by atoms with Crippen LogP contribution in [0.1, 0.15) is 37.3 Å². The van der Waals surface area contributed by atoms with Crippen LogP contribution in [0.2, 0.25) is 0 Å². The van der Waals surface area contributed by atoms with Crippen LogP contribution >= 0.6 is 0 Å². The first kappa shape index (κ1) is 20.5. The van der Waals surface area contributed by atoms with Crippen molar-refractivity contribution in [1.29, 1.82) is 10.7 Å². The van der Waals surface area contributed by atoms with E-state index in [2.05, 4.69) is 16.3 Å². The zero-order valence-corrected chi connectivity index (χ0v) is 17.5. The third-order valence-electron chi connectivity index (χ3n) is 5.19. The van der Waals surface area contributed by atoms with Crippen molar-refractivity contribution in [3.63, 3.8) is 0 Å². The Balaban J connectivity index is 1.86. The van der Waals surface area contributed by atoms with Crippen molar-refractivity contribution in [1.82, 2.24) is 10.2 Å². The Labute approximate surface area is 181 Å². The summed E-state index contributed by atoms with van der Waals surface area (Å²) in [4.78, 5) is 0. The number of aromatic nitrogens is 2. The predicted octanol–water partition coefficient (Wildman–Crippen LogP) is 4.91. The van der Waals surface area contributed by atoms with Gasteiger partial charge in [-0.15, -0.1) is 5.10 Å². The van der Waals surface area contributed by atoms with Gasteiger partial charge in [-0.05, 0) is 36.6 Å². The van der Waals surface area contributed by atoms with E-state index in [0.717, 1.165) is 28.8 Å². The summed E-state index contributed by atoms with van der Waals surface area (Å²) < 4.78 is 17.3. The van der Waals surface area contributed by atoms with E-state index >= 15 is 0 Å². The molecule has 31 heavy (non-hydrogen) atoms. The van der Waals surface area contributed by atoms with Gasteiger partial charge in [0.2, 0.25) is 11.8 Å². The maximum Gasteiger partial charge on any atom is 0.244 e. The van der Waals surface area contributed by atoms with Gasteiger partial charge in [-0.1, -0.05) is 43.3 Å². The monoisotopic (exact) mass is 416 g/mol. The summed E-state index contributed by atoms with van der Waals surface area (Å²) in [6.07, 6.45) is 0.889. The molecule has 0 saturated heterocycles. The Morgan fingerprint density at radius 2 is 1.94 bits per heavy atom. The molecule has 0 spiro atoms. The highest BCUT2D eigenvalue weighted by Crippen LogP contribution is 2.47. The Bertz CT molecular complexity index is 1120. The van der Waals surface area contributed by atoms with Crippen molar-refractivity contribution >= 4 is 5.90 Å². The van der Waals surface area contributed by atoms with Gasteiger partial charge in [-0.3, -0.25) is 10.5 Å². The summed E-state index contributed by atoms with van der Waals surface area (Å²) in [5.74, 6) is 0.271. The third-order valence-corrected chi connectivity index (χ3v) is 5.19. The fourth-order valence-corrected chi connectivity index (χ4v) is 3.82. The number of ether oxygens (including phenoxy) is 3. The van der Waals surface area contributed by atoms with Crippen LogP contribution < -0.4 is 14.2 Å². The van der Waals surface area contributed by atoms with E-state index in [-0.39, 0.29) is 5.90 Å². The largest absolute Gasteiger partial charge is 0.490 e. The van der Waals surface area contributed by atoms with E-state index in [4.69, 9.17) is 19.6 Å². The first-order valence-electron chi connectivity index (χ1n) is 10.4. The van der Waals surface area contributed by atoms with Crippen LogP contribution in [0.3, 0.4) is 0 Å². The van der Waals surface area contributed by atoms with Crippen LogP contribution in [0.4, 0.5) is 0 Å². The van der Waals surface area contributed by atoms with Crippen LogP contribution in [0.25, 0.3) is 11.3 Å². The van der Waals surface area contributed by atoms with E-state index in [1.807, 2.05) is 62.4 Å². The van der Waals surface area contributed by atoms with Gasteiger partial charge in [0.1, 0.15) is 5.92 Å². The normalized spacial score (nSPS) is 17.4. The number of nitrogens with zero attached hydrogens (tertiary/aromatic N) is 2. The Kier molecular flexibility index (Phi) is 5.89. The van der Waals surface area contributed by atoms with Gasteiger partial charge in [0.15, 0.2) is 11.5 Å². The van der Waals surface area contributed by atoms with E-state index in [9.17, 15) is 5.26 Å². The van der Waals surface area contributed by atoms with Crippen LogP contribution in [-0.4, -0.2) is 29.3 Å². The van der Waals surface area contributed by atoms with Gasteiger partial charge in [0.05, 0.1) is 30.5 Å². The molecule has 158 valence electrons. The fraction of sp³-hybridized carbons (Fsp3) is 0.292. The smallest absolute Gasteiger partial charge is 0.244 e. The lowest BCUT2D eigenvalue weighted by Crippen LogP contribution is -2.30. The molecule has 1 aromatic heterocycles. The van der Waals surface area contributed by atoms with E-state index < -0.39 is 11.8 Å². The molecule has 3 aromatic rings. The zero-order valence-electron chi connectivity index (χ0n) is 17.5. The van der Waals surface area contributed by atoms with Gasteiger partial charge < -0.3 is 14.2 Å². The number of nitriles is 1. The topological polar surface area (TPSA) is 104 Å². The van der Waals surface area contributed by atoms with E-state index in [1.54, 1.807) is 0 Å². The summed E-state index contributed by atoms with van der Waals surface area (Å²) in [5, 5.41) is 25.5. The Morgan fingerprint density at radius 3 is 2.65 bits per heavy atom. The number of rotatable bonds is 7. The lowest BCUT2D eigenvalue weighted by molar-refractivity contribution is 0.276. The maximum atomic E-state index is 9.90. The summed E-state index contributed by atoms with van der Waals surface area (Å²) >= 11 is 0. The van der Waals surface area contributed by atoms with E-state index in [0.29, 0.717) is 30.6 Å². The minimum Gasteiger partial charge on any atom is -0.490 e. The number of hydrogen-bond donors (Lipinski definition) is 2. The number of H-pyrrole nitrogens is 1. The second-order valence-corrected chi connectivity index (χ2v) is 7.22. The summed E-state index contributed by atoms with van der Waals surface area (Å²) in [6.45, 7) is 5.04. The van der Waals surface area contributed by atoms with Crippen molar-refractivity contribution < 1.29 is 14.2 Å². The van der Waals surface area contributed by atoms with E-state index in [1.165, 1.54) is 0 Å². The molecule has 0 aliphatic carbocycles. The number of aromatic amines is 1. The second-order valence-electron chi connectivity index (χ2n) is 7.22. The molecule has 1 aliphatic heterocycles. The summed E-state index contributed by atoms with van der Waals surface area (Å²) in [5.41, 5.74) is 3.31. The SMILES string of the molecule is CCCOc1ccc(C2c3c(n[nH]c3-c3ccccc3)OC(=N)C2C#N)cc1OCC. The quantitative estimate of drug-likeness (QED) is 0.570. The molecule has 0 saturated carbocycles. The average molecular weight is 416 g/mol. The van der Waals surface area contributed by atoms with Gasteiger partial charge >= 0.3 is 0 Å². The van der Waals surface area contributed by atoms with Crippen molar-refractivity contribution in [3.8, 4) is 34.7 Å². The molecular weight excluding hydrogens is 392 g/mol. The van der Waals surface area contributed by atoms with Gasteiger partial charge in [-0.2, -0.15) is 5.26 Å². The Hall–Kier alpha value is -3.79. The maximum absolute atomic E-state index is 9.90. The molecule has 0 radical (unpaired) electrons. The van der Waals surface area contributed by atoms with Gasteiger partial charge in [0.25, 0.3) is 0 Å². The highest BCUT2D eigenvalue weighted by molar-refractivity contribution is 5.86. The van der Waals surface area contributed by atoms with Gasteiger partial charge in [0, 0.05) is 5.92 Å². The molecule has 2 aromatic carbocycles. The summed E-state index contributed by atoms with van der Waals surface area (Å²) in [7, 11) is 0. The van der Waals surface area contributed by atoms with Crippen LogP contribution in [0.15, 0.2) is 48.5 Å². The molecule has 0 amide bonds. The van der Waals surface area contributed by atoms with Crippen molar-refractivity contribution in [2.24, 2.45) is 5.92 Å². The number of nitrogens with one attached hydrogen (secondary N) is 2. The molecule has 2 heterocycles. The van der Waals surface area contributed by atoms with Crippen molar-refractivity contribution in [2.45, 2.75) is 26.2 Å². The molecule has 2 atom stereocenters. The standard InChI is InChI=1S/C24H24N4O3/c1-3-12-30-18-11-10-16(13-19(18)29-4-2)20-17(14-25)23(26)31-24-21(20)22(27-28-24)15-8-6-5-7-9-15/h5-11,13,17,20,26H,3-4,12H2,1-2H3,(H,27,28). The molecule has 7 nitrogen and oxygen atoms in total. The minimum atomic E-state index is -0.788. The highest BCUT2D eigenvalue weighted by atomic mass is 16.5. The van der Waals surface area contributed by atoms with Crippen LogP contribution in [-0.2, 0) is 0 Å². The molecule has 2 N–H and O–H groups in total. The Morgan fingerprint density at radius 1 is 1.13 bits per heavy atom. The van der Waals surface area contributed by atoms with Gasteiger partial charge in [-0.25, -0.2) is 0 Å². The highest BCUT2D eigenvalue weighted by Gasteiger charge is 2.41.